The predicted molar refractivity (Wildman–Crippen MR) is 47.7 cm³/mol. The van der Waals surface area contributed by atoms with Gasteiger partial charge in [0.15, 0.2) is 11.4 Å². The van der Waals surface area contributed by atoms with E-state index in [0.717, 1.165) is 6.07 Å². The highest BCUT2D eigenvalue weighted by Gasteiger charge is 2.16. The van der Waals surface area contributed by atoms with Gasteiger partial charge in [0.25, 0.3) is 6.01 Å². The molecule has 0 bridgehead atoms. The van der Waals surface area contributed by atoms with Crippen LogP contribution in [0.5, 0.6) is 0 Å². The minimum Gasteiger partial charge on any atom is -0.421 e. The number of fused-ring (bicyclic) bond motifs is 1. The van der Waals surface area contributed by atoms with Gasteiger partial charge in [-0.05, 0) is 6.42 Å². The van der Waals surface area contributed by atoms with Crippen molar-refractivity contribution in [3.63, 3.8) is 0 Å². The largest absolute Gasteiger partial charge is 0.421 e. The number of anilines is 1. The van der Waals surface area contributed by atoms with Crippen molar-refractivity contribution < 1.29 is 13.2 Å². The third-order valence-corrected chi connectivity index (χ3v) is 2.04. The average Bonchev–Trinajstić information content (AvgIpc) is 2.48. The predicted octanol–water partition coefficient (Wildman–Crippen LogP) is 2.25. The minimum atomic E-state index is -0.779. The van der Waals surface area contributed by atoms with Gasteiger partial charge < -0.3 is 10.2 Å². The van der Waals surface area contributed by atoms with Gasteiger partial charge in [-0.15, -0.1) is 0 Å². The average molecular weight is 198 g/mol. The molecular weight excluding hydrogens is 190 g/mol. The number of benzene rings is 1. The molecule has 2 rings (SSSR count). The maximum Gasteiger partial charge on any atom is 0.293 e. The van der Waals surface area contributed by atoms with Crippen LogP contribution in [-0.2, 0) is 6.42 Å². The molecule has 3 nitrogen and oxygen atoms in total. The molecule has 0 radical (unpaired) electrons. The summed E-state index contributed by atoms with van der Waals surface area (Å²) in [5, 5.41) is 0. The molecule has 14 heavy (non-hydrogen) atoms. The van der Waals surface area contributed by atoms with Gasteiger partial charge >= 0.3 is 0 Å². The fourth-order valence-corrected chi connectivity index (χ4v) is 1.42. The summed E-state index contributed by atoms with van der Waals surface area (Å²) in [7, 11) is 0. The molecule has 0 aliphatic heterocycles. The molecule has 0 spiro atoms. The van der Waals surface area contributed by atoms with Crippen LogP contribution in [0.4, 0.5) is 14.8 Å². The molecule has 0 saturated heterocycles. The number of hydrogen-bond donors (Lipinski definition) is 1. The lowest BCUT2D eigenvalue weighted by Gasteiger charge is -1.99. The number of oxazole rings is 1. The van der Waals surface area contributed by atoms with E-state index >= 15 is 0 Å². The molecule has 0 unspecified atom stereocenters. The van der Waals surface area contributed by atoms with Crippen LogP contribution in [0.3, 0.4) is 0 Å². The van der Waals surface area contributed by atoms with Gasteiger partial charge in [0.1, 0.15) is 11.3 Å². The van der Waals surface area contributed by atoms with Crippen LogP contribution < -0.4 is 5.73 Å². The lowest BCUT2D eigenvalue weighted by atomic mass is 10.1. The number of rotatable bonds is 1. The fraction of sp³-hybridized carbons (Fsp3) is 0.222. The van der Waals surface area contributed by atoms with Gasteiger partial charge in [-0.1, -0.05) is 6.92 Å². The molecule has 1 aromatic heterocycles. The molecule has 1 aromatic carbocycles. The SMILES string of the molecule is CCc1c(F)cc(F)c2oc(N)nc12. The Kier molecular flexibility index (Phi) is 1.87. The highest BCUT2D eigenvalue weighted by Crippen LogP contribution is 2.26. The third kappa shape index (κ3) is 1.13. The first-order chi connectivity index (χ1) is 6.63. The highest BCUT2D eigenvalue weighted by atomic mass is 19.1. The van der Waals surface area contributed by atoms with Gasteiger partial charge in [0.05, 0.1) is 0 Å². The maximum atomic E-state index is 13.2. The second-order valence-electron chi connectivity index (χ2n) is 2.90. The first kappa shape index (κ1) is 8.93. The number of hydrogen-bond acceptors (Lipinski definition) is 3. The Bertz CT molecular complexity index is 493. The first-order valence-electron chi connectivity index (χ1n) is 4.16. The number of nitrogen functional groups attached to an aromatic ring is 1. The fourth-order valence-electron chi connectivity index (χ4n) is 1.42. The summed E-state index contributed by atoms with van der Waals surface area (Å²) in [6, 6.07) is 0.630. The second-order valence-corrected chi connectivity index (χ2v) is 2.90. The van der Waals surface area contributed by atoms with Gasteiger partial charge in [-0.3, -0.25) is 0 Å². The van der Waals surface area contributed by atoms with Crippen molar-refractivity contribution in [3.8, 4) is 0 Å². The molecule has 0 fully saturated rings. The summed E-state index contributed by atoms with van der Waals surface area (Å²) < 4.78 is 31.2. The maximum absolute atomic E-state index is 13.2. The molecule has 2 aromatic rings. The molecule has 0 aliphatic carbocycles. The Labute approximate surface area is 78.5 Å². The van der Waals surface area contributed by atoms with Crippen LogP contribution in [0, 0.1) is 11.6 Å². The quantitative estimate of drug-likeness (QED) is 0.764. The van der Waals surface area contributed by atoms with Crippen molar-refractivity contribution in [3.05, 3.63) is 23.3 Å². The Morgan fingerprint density at radius 1 is 1.43 bits per heavy atom. The second kappa shape index (κ2) is 2.94. The van der Waals surface area contributed by atoms with Crippen molar-refractivity contribution in [2.75, 3.05) is 5.73 Å². The van der Waals surface area contributed by atoms with E-state index in [1.54, 1.807) is 6.92 Å². The van der Waals surface area contributed by atoms with E-state index in [9.17, 15) is 8.78 Å². The van der Waals surface area contributed by atoms with Crippen LogP contribution >= 0.6 is 0 Å². The van der Waals surface area contributed by atoms with E-state index in [-0.39, 0.29) is 17.1 Å². The van der Waals surface area contributed by atoms with Crippen LogP contribution in [0.2, 0.25) is 0 Å². The molecule has 0 saturated carbocycles. The molecule has 5 heteroatoms. The van der Waals surface area contributed by atoms with E-state index in [2.05, 4.69) is 4.98 Å². The Morgan fingerprint density at radius 2 is 2.14 bits per heavy atom. The number of aromatic nitrogens is 1. The molecule has 0 aliphatic rings. The summed E-state index contributed by atoms with van der Waals surface area (Å²) in [5.41, 5.74) is 5.67. The number of nitrogens with zero attached hydrogens (tertiary/aromatic N) is 1. The zero-order valence-corrected chi connectivity index (χ0v) is 7.47. The van der Waals surface area contributed by atoms with Crippen LogP contribution in [0.25, 0.3) is 11.1 Å². The molecule has 0 amide bonds. The lowest BCUT2D eigenvalue weighted by Crippen LogP contribution is -1.92. The third-order valence-electron chi connectivity index (χ3n) is 2.04. The Morgan fingerprint density at radius 3 is 2.79 bits per heavy atom. The lowest BCUT2D eigenvalue weighted by molar-refractivity contribution is 0.549. The van der Waals surface area contributed by atoms with Crippen molar-refractivity contribution in [1.82, 2.24) is 4.98 Å². The molecule has 74 valence electrons. The summed E-state index contributed by atoms with van der Waals surface area (Å²) in [6.07, 6.45) is 0.411. The summed E-state index contributed by atoms with van der Waals surface area (Å²) in [5.74, 6) is -1.40. The smallest absolute Gasteiger partial charge is 0.293 e. The minimum absolute atomic E-state index is 0.0826. The van der Waals surface area contributed by atoms with E-state index in [1.807, 2.05) is 0 Å². The van der Waals surface area contributed by atoms with Crippen molar-refractivity contribution in [2.24, 2.45) is 0 Å². The monoisotopic (exact) mass is 198 g/mol. The highest BCUT2D eigenvalue weighted by molar-refractivity contribution is 5.78. The van der Waals surface area contributed by atoms with E-state index in [1.165, 1.54) is 0 Å². The molecular formula is C9H8F2N2O. The molecule has 0 atom stereocenters. The summed E-state index contributed by atoms with van der Waals surface area (Å²) in [6.45, 7) is 1.75. The van der Waals surface area contributed by atoms with Crippen molar-refractivity contribution >= 4 is 17.1 Å². The standard InChI is InChI=1S/C9H8F2N2O/c1-2-4-5(10)3-6(11)8-7(4)13-9(12)14-8/h3H,2H2,1H3,(H2,12,13). The van der Waals surface area contributed by atoms with Crippen LogP contribution in [-0.4, -0.2) is 4.98 Å². The molecule has 2 N–H and O–H groups in total. The molecule has 1 heterocycles. The van der Waals surface area contributed by atoms with Gasteiger partial charge in [-0.2, -0.15) is 4.98 Å². The Hall–Kier alpha value is -1.65. The van der Waals surface area contributed by atoms with E-state index in [0.29, 0.717) is 12.0 Å². The van der Waals surface area contributed by atoms with Crippen molar-refractivity contribution in [2.45, 2.75) is 13.3 Å². The van der Waals surface area contributed by atoms with Gasteiger partial charge in [0, 0.05) is 11.6 Å². The van der Waals surface area contributed by atoms with E-state index < -0.39 is 11.6 Å². The normalized spacial score (nSPS) is 11.1. The zero-order chi connectivity index (χ0) is 10.3. The number of nitrogens with two attached hydrogens (primary N) is 1. The van der Waals surface area contributed by atoms with Gasteiger partial charge in [-0.25, -0.2) is 8.78 Å². The number of halogens is 2. The summed E-state index contributed by atoms with van der Waals surface area (Å²) >= 11 is 0. The Balaban J connectivity index is 2.89. The topological polar surface area (TPSA) is 52.0 Å². The number of aryl methyl sites for hydroxylation is 1. The zero-order valence-electron chi connectivity index (χ0n) is 7.47. The van der Waals surface area contributed by atoms with Gasteiger partial charge in [0.2, 0.25) is 0 Å². The summed E-state index contributed by atoms with van der Waals surface area (Å²) in [4.78, 5) is 3.74. The van der Waals surface area contributed by atoms with Crippen molar-refractivity contribution in [1.29, 1.82) is 0 Å². The van der Waals surface area contributed by atoms with Crippen LogP contribution in [0.15, 0.2) is 10.5 Å². The first-order valence-corrected chi connectivity index (χ1v) is 4.16. The van der Waals surface area contributed by atoms with E-state index in [4.69, 9.17) is 10.2 Å². The van der Waals surface area contributed by atoms with Crippen LogP contribution in [0.1, 0.15) is 12.5 Å².